The normalized spacial score (nSPS) is 10.0. The summed E-state index contributed by atoms with van der Waals surface area (Å²) in [5, 5.41) is 11.4. The first-order valence-corrected chi connectivity index (χ1v) is 5.72. The minimum atomic E-state index is 0.0420. The lowest BCUT2D eigenvalue weighted by Gasteiger charge is -1.98. The maximum atomic E-state index is 11.0. The van der Waals surface area contributed by atoms with E-state index in [1.54, 1.807) is 0 Å². The van der Waals surface area contributed by atoms with E-state index in [9.17, 15) is 4.79 Å². The van der Waals surface area contributed by atoms with Crippen LogP contribution in [0.2, 0.25) is 0 Å². The lowest BCUT2D eigenvalue weighted by atomic mass is 10.6. The van der Waals surface area contributed by atoms with Gasteiger partial charge in [0.05, 0.1) is 5.75 Å². The Morgan fingerprint density at radius 2 is 2.38 bits per heavy atom. The molecular weight excluding hydrogens is 206 g/mol. The fourth-order valence-electron chi connectivity index (χ4n) is 0.712. The van der Waals surface area contributed by atoms with Gasteiger partial charge in [-0.2, -0.15) is 0 Å². The van der Waals surface area contributed by atoms with Crippen molar-refractivity contribution in [2.75, 3.05) is 12.3 Å². The summed E-state index contributed by atoms with van der Waals surface area (Å²) in [5.74, 6) is 0.461. The molecule has 0 radical (unpaired) electrons. The topological polar surface area (TPSA) is 54.9 Å². The summed E-state index contributed by atoms with van der Waals surface area (Å²) >= 11 is 2.93. The highest BCUT2D eigenvalue weighted by molar-refractivity contribution is 8.01. The summed E-state index contributed by atoms with van der Waals surface area (Å²) in [6.45, 7) is 4.47. The summed E-state index contributed by atoms with van der Waals surface area (Å²) in [6, 6.07) is 0. The van der Waals surface area contributed by atoms with Crippen LogP contribution in [0.25, 0.3) is 0 Å². The number of nitrogens with one attached hydrogen (secondary N) is 1. The molecule has 0 saturated carbocycles. The van der Waals surface area contributed by atoms with Gasteiger partial charge < -0.3 is 5.32 Å². The molecule has 1 heterocycles. The van der Waals surface area contributed by atoms with E-state index >= 15 is 0 Å². The zero-order chi connectivity index (χ0) is 9.68. The van der Waals surface area contributed by atoms with Crippen molar-refractivity contribution in [1.82, 2.24) is 15.5 Å². The van der Waals surface area contributed by atoms with Crippen molar-refractivity contribution in [3.63, 3.8) is 0 Å². The lowest BCUT2D eigenvalue weighted by molar-refractivity contribution is -0.118. The SMILES string of the molecule is CCNC(=O)CSc1nnc(C)s1. The molecule has 0 aliphatic carbocycles. The van der Waals surface area contributed by atoms with Crippen LogP contribution in [-0.2, 0) is 4.79 Å². The second-order valence-electron chi connectivity index (χ2n) is 2.33. The Kier molecular flexibility index (Phi) is 4.17. The van der Waals surface area contributed by atoms with E-state index in [1.807, 2.05) is 13.8 Å². The number of carbonyl (C=O) groups excluding carboxylic acids is 1. The van der Waals surface area contributed by atoms with Gasteiger partial charge in [0.2, 0.25) is 5.91 Å². The average molecular weight is 217 g/mol. The van der Waals surface area contributed by atoms with E-state index in [1.165, 1.54) is 23.1 Å². The fraction of sp³-hybridized carbons (Fsp3) is 0.571. The monoisotopic (exact) mass is 217 g/mol. The highest BCUT2D eigenvalue weighted by Gasteiger charge is 2.04. The first-order valence-electron chi connectivity index (χ1n) is 3.92. The van der Waals surface area contributed by atoms with Crippen LogP contribution in [0.4, 0.5) is 0 Å². The molecule has 1 aromatic heterocycles. The standard InChI is InChI=1S/C7H11N3OS2/c1-3-8-6(11)4-12-7-10-9-5(2)13-7/h3-4H2,1-2H3,(H,8,11). The van der Waals surface area contributed by atoms with Gasteiger partial charge in [-0.3, -0.25) is 4.79 Å². The Bertz CT molecular complexity index is 287. The van der Waals surface area contributed by atoms with Gasteiger partial charge >= 0.3 is 0 Å². The molecule has 0 aliphatic heterocycles. The molecule has 0 bridgehead atoms. The molecule has 0 spiro atoms. The second-order valence-corrected chi connectivity index (χ2v) is 4.73. The van der Waals surface area contributed by atoms with E-state index in [0.29, 0.717) is 12.3 Å². The molecule has 72 valence electrons. The molecule has 0 aliphatic rings. The number of thioether (sulfide) groups is 1. The van der Waals surface area contributed by atoms with Crippen LogP contribution in [0.1, 0.15) is 11.9 Å². The molecule has 1 aromatic rings. The molecule has 13 heavy (non-hydrogen) atoms. The van der Waals surface area contributed by atoms with E-state index in [-0.39, 0.29) is 5.91 Å². The Labute approximate surface area is 85.1 Å². The van der Waals surface area contributed by atoms with Crippen molar-refractivity contribution in [1.29, 1.82) is 0 Å². The third-order valence-corrected chi connectivity index (χ3v) is 3.18. The van der Waals surface area contributed by atoms with Crippen molar-refractivity contribution in [3.05, 3.63) is 5.01 Å². The van der Waals surface area contributed by atoms with E-state index < -0.39 is 0 Å². The van der Waals surface area contributed by atoms with Crippen molar-refractivity contribution >= 4 is 29.0 Å². The van der Waals surface area contributed by atoms with Gasteiger partial charge in [-0.05, 0) is 13.8 Å². The molecule has 0 fully saturated rings. The van der Waals surface area contributed by atoms with Crippen LogP contribution in [0, 0.1) is 6.92 Å². The van der Waals surface area contributed by atoms with Crippen LogP contribution < -0.4 is 5.32 Å². The molecule has 1 amide bonds. The molecule has 1 N–H and O–H groups in total. The Balaban J connectivity index is 2.30. The number of hydrogen-bond donors (Lipinski definition) is 1. The Morgan fingerprint density at radius 1 is 1.62 bits per heavy atom. The van der Waals surface area contributed by atoms with E-state index in [0.717, 1.165) is 9.35 Å². The number of nitrogens with zero attached hydrogens (tertiary/aromatic N) is 2. The molecule has 6 heteroatoms. The van der Waals surface area contributed by atoms with Crippen molar-refractivity contribution in [2.24, 2.45) is 0 Å². The van der Waals surface area contributed by atoms with Crippen molar-refractivity contribution < 1.29 is 4.79 Å². The summed E-state index contributed by atoms with van der Waals surface area (Å²) < 4.78 is 0.851. The smallest absolute Gasteiger partial charge is 0.230 e. The number of amides is 1. The zero-order valence-electron chi connectivity index (χ0n) is 7.53. The minimum absolute atomic E-state index is 0.0420. The average Bonchev–Trinajstić information content (AvgIpc) is 2.49. The quantitative estimate of drug-likeness (QED) is 0.767. The molecule has 0 aromatic carbocycles. The van der Waals surface area contributed by atoms with Gasteiger partial charge in [0, 0.05) is 6.54 Å². The van der Waals surface area contributed by atoms with Gasteiger partial charge in [-0.25, -0.2) is 0 Å². The summed E-state index contributed by atoms with van der Waals surface area (Å²) in [6.07, 6.45) is 0. The number of hydrogen-bond acceptors (Lipinski definition) is 5. The van der Waals surface area contributed by atoms with Crippen LogP contribution in [0.3, 0.4) is 0 Å². The number of aryl methyl sites for hydroxylation is 1. The molecule has 4 nitrogen and oxygen atoms in total. The van der Waals surface area contributed by atoms with Crippen LogP contribution >= 0.6 is 23.1 Å². The summed E-state index contributed by atoms with van der Waals surface area (Å²) in [4.78, 5) is 11.0. The maximum Gasteiger partial charge on any atom is 0.230 e. The van der Waals surface area contributed by atoms with Gasteiger partial charge in [0.25, 0.3) is 0 Å². The van der Waals surface area contributed by atoms with Gasteiger partial charge in [-0.1, -0.05) is 23.1 Å². The Morgan fingerprint density at radius 3 is 2.92 bits per heavy atom. The van der Waals surface area contributed by atoms with Crippen molar-refractivity contribution in [2.45, 2.75) is 18.2 Å². The highest BCUT2D eigenvalue weighted by Crippen LogP contribution is 2.21. The predicted molar refractivity (Wildman–Crippen MR) is 54.1 cm³/mol. The predicted octanol–water partition coefficient (Wildman–Crippen LogP) is 1.07. The third-order valence-electron chi connectivity index (χ3n) is 1.21. The number of aromatic nitrogens is 2. The first kappa shape index (κ1) is 10.5. The number of carbonyl (C=O) groups is 1. The maximum absolute atomic E-state index is 11.0. The lowest BCUT2D eigenvalue weighted by Crippen LogP contribution is -2.24. The summed E-state index contributed by atoms with van der Waals surface area (Å²) in [5.41, 5.74) is 0. The fourth-order valence-corrected chi connectivity index (χ4v) is 2.36. The van der Waals surface area contributed by atoms with E-state index in [2.05, 4.69) is 15.5 Å². The van der Waals surface area contributed by atoms with Crippen LogP contribution in [0.5, 0.6) is 0 Å². The number of rotatable bonds is 4. The zero-order valence-corrected chi connectivity index (χ0v) is 9.17. The summed E-state index contributed by atoms with van der Waals surface area (Å²) in [7, 11) is 0. The van der Waals surface area contributed by atoms with Gasteiger partial charge in [0.1, 0.15) is 5.01 Å². The van der Waals surface area contributed by atoms with Gasteiger partial charge in [-0.15, -0.1) is 10.2 Å². The largest absolute Gasteiger partial charge is 0.356 e. The second kappa shape index (κ2) is 5.18. The Hall–Kier alpha value is -0.620. The molecule has 0 saturated heterocycles. The van der Waals surface area contributed by atoms with Crippen LogP contribution in [0.15, 0.2) is 4.34 Å². The van der Waals surface area contributed by atoms with Crippen LogP contribution in [-0.4, -0.2) is 28.4 Å². The van der Waals surface area contributed by atoms with E-state index in [4.69, 9.17) is 0 Å². The minimum Gasteiger partial charge on any atom is -0.356 e. The molecule has 0 atom stereocenters. The molecule has 1 rings (SSSR count). The molecule has 0 unspecified atom stereocenters. The van der Waals surface area contributed by atoms with Crippen molar-refractivity contribution in [3.8, 4) is 0 Å². The highest BCUT2D eigenvalue weighted by atomic mass is 32.2. The first-order chi connectivity index (χ1) is 6.22. The third kappa shape index (κ3) is 3.73. The van der Waals surface area contributed by atoms with Gasteiger partial charge in [0.15, 0.2) is 4.34 Å². The molecular formula is C7H11N3OS2.